The van der Waals surface area contributed by atoms with E-state index in [4.69, 9.17) is 11.9 Å². The Balaban J connectivity index is 3.73. The Morgan fingerprint density at radius 2 is 2.33 bits per heavy atom. The van der Waals surface area contributed by atoms with Crippen LogP contribution in [0.3, 0.4) is 0 Å². The topological polar surface area (TPSA) is 26.3 Å². The first-order valence-corrected chi connectivity index (χ1v) is 2.64. The third-order valence-corrected chi connectivity index (χ3v) is 0.890. The van der Waals surface area contributed by atoms with Crippen molar-refractivity contribution in [3.8, 4) is 0 Å². The third-order valence-electron chi connectivity index (χ3n) is 0.749. The number of hydrogen-bond donors (Lipinski definition) is 0. The Labute approximate surface area is 58.9 Å². The molecular formula is C6H7ClO2. The zero-order valence-electron chi connectivity index (χ0n) is 4.89. The van der Waals surface area contributed by atoms with E-state index in [-0.39, 0.29) is 0 Å². The molecule has 0 aliphatic heterocycles. The Kier molecular flexibility index (Phi) is 3.80. The molecule has 0 aromatic carbocycles. The fourth-order valence-corrected chi connectivity index (χ4v) is 0.421. The van der Waals surface area contributed by atoms with E-state index in [1.165, 1.54) is 0 Å². The van der Waals surface area contributed by atoms with Crippen molar-refractivity contribution in [1.29, 1.82) is 0 Å². The van der Waals surface area contributed by atoms with Gasteiger partial charge < -0.3 is 4.29 Å². The summed E-state index contributed by atoms with van der Waals surface area (Å²) >= 11 is 4.74. The van der Waals surface area contributed by atoms with E-state index in [9.17, 15) is 4.79 Å². The predicted molar refractivity (Wildman–Crippen MR) is 35.9 cm³/mol. The molecule has 3 heteroatoms. The van der Waals surface area contributed by atoms with Gasteiger partial charge in [-0.15, -0.1) is 6.58 Å². The smallest absolute Gasteiger partial charge is 0.343 e. The number of carbonyl (C=O) groups is 1. The first-order chi connectivity index (χ1) is 4.22. The predicted octanol–water partition coefficient (Wildman–Crippen LogP) is 1.82. The molecule has 0 N–H and O–H groups in total. The summed E-state index contributed by atoms with van der Waals surface area (Å²) < 4.78 is 3.85. The Bertz CT molecular complexity index is 140. The molecule has 9 heavy (non-hydrogen) atoms. The quantitative estimate of drug-likeness (QED) is 0.449. The zero-order chi connectivity index (χ0) is 7.28. The highest BCUT2D eigenvalue weighted by atomic mass is 35.5. The first kappa shape index (κ1) is 8.24. The number of carbonyl (C=O) groups excluding carboxylic acids is 1. The molecule has 0 amide bonds. The molecule has 0 spiro atoms. The van der Waals surface area contributed by atoms with Crippen LogP contribution in [0.1, 0.15) is 6.42 Å². The molecule has 50 valence electrons. The van der Waals surface area contributed by atoms with E-state index in [0.29, 0.717) is 12.0 Å². The van der Waals surface area contributed by atoms with E-state index in [1.54, 1.807) is 6.08 Å². The van der Waals surface area contributed by atoms with Gasteiger partial charge in [0.05, 0.1) is 0 Å². The molecule has 0 radical (unpaired) electrons. The van der Waals surface area contributed by atoms with Crippen LogP contribution in [0.4, 0.5) is 0 Å². The van der Waals surface area contributed by atoms with Crippen molar-refractivity contribution < 1.29 is 9.08 Å². The third kappa shape index (κ3) is 2.93. The van der Waals surface area contributed by atoms with E-state index in [1.807, 2.05) is 0 Å². The monoisotopic (exact) mass is 146 g/mol. The summed E-state index contributed by atoms with van der Waals surface area (Å²) in [6.07, 6.45) is 1.96. The highest BCUT2D eigenvalue weighted by Gasteiger charge is 2.03. The summed E-state index contributed by atoms with van der Waals surface area (Å²) in [7, 11) is 0. The first-order valence-electron chi connectivity index (χ1n) is 2.34. The fraction of sp³-hybridized carbons (Fsp3) is 0.167. The zero-order valence-corrected chi connectivity index (χ0v) is 5.65. The van der Waals surface area contributed by atoms with E-state index >= 15 is 0 Å². The summed E-state index contributed by atoms with van der Waals surface area (Å²) in [6.45, 7) is 6.79. The summed E-state index contributed by atoms with van der Waals surface area (Å²) in [5, 5.41) is 0. The average molecular weight is 147 g/mol. The number of hydrogen-bond acceptors (Lipinski definition) is 2. The van der Waals surface area contributed by atoms with Crippen molar-refractivity contribution in [1.82, 2.24) is 0 Å². The number of rotatable bonds is 3. The van der Waals surface area contributed by atoms with Crippen LogP contribution >= 0.6 is 11.9 Å². The molecule has 0 aromatic heterocycles. The second-order valence-electron chi connectivity index (χ2n) is 1.46. The van der Waals surface area contributed by atoms with Gasteiger partial charge in [-0.05, 0) is 6.42 Å². The molecule has 0 aliphatic carbocycles. The lowest BCUT2D eigenvalue weighted by Gasteiger charge is -1.93. The Morgan fingerprint density at radius 3 is 2.67 bits per heavy atom. The highest BCUT2D eigenvalue weighted by Crippen LogP contribution is 2.01. The largest absolute Gasteiger partial charge is 0.351 e. The van der Waals surface area contributed by atoms with E-state index in [0.717, 1.165) is 0 Å². The molecule has 0 aliphatic rings. The van der Waals surface area contributed by atoms with Gasteiger partial charge in [-0.2, -0.15) is 0 Å². The van der Waals surface area contributed by atoms with Crippen molar-refractivity contribution in [3.05, 3.63) is 24.8 Å². The molecule has 0 aromatic rings. The fourth-order valence-electron chi connectivity index (χ4n) is 0.312. The van der Waals surface area contributed by atoms with Crippen LogP contribution < -0.4 is 0 Å². The van der Waals surface area contributed by atoms with E-state index in [2.05, 4.69) is 17.4 Å². The second-order valence-corrected chi connectivity index (χ2v) is 1.62. The standard InChI is InChI=1S/C6H7ClO2/c1-3-4-5(2)6(8)9-7/h3H,1-2,4H2. The van der Waals surface area contributed by atoms with Crippen molar-refractivity contribution in [3.63, 3.8) is 0 Å². The minimum Gasteiger partial charge on any atom is -0.343 e. The van der Waals surface area contributed by atoms with E-state index < -0.39 is 5.97 Å². The highest BCUT2D eigenvalue weighted by molar-refractivity contribution is 6.15. The molecule has 0 fully saturated rings. The van der Waals surface area contributed by atoms with Gasteiger partial charge >= 0.3 is 5.97 Å². The molecule has 2 nitrogen and oxygen atoms in total. The lowest BCUT2D eigenvalue weighted by Crippen LogP contribution is -1.98. The van der Waals surface area contributed by atoms with Crippen LogP contribution in [0.25, 0.3) is 0 Å². The van der Waals surface area contributed by atoms with Crippen LogP contribution in [-0.4, -0.2) is 5.97 Å². The molecule has 0 bridgehead atoms. The van der Waals surface area contributed by atoms with Crippen LogP contribution in [0.15, 0.2) is 24.8 Å². The van der Waals surface area contributed by atoms with Crippen LogP contribution in [0.5, 0.6) is 0 Å². The number of halogens is 1. The molecule has 0 atom stereocenters. The molecule has 0 saturated carbocycles. The van der Waals surface area contributed by atoms with Gasteiger partial charge in [-0.1, -0.05) is 12.7 Å². The molecule has 0 heterocycles. The normalized spacial score (nSPS) is 8.11. The average Bonchev–Trinajstić information content (AvgIpc) is 1.87. The number of allylic oxidation sites excluding steroid dienone is 1. The Hall–Kier alpha value is -0.760. The van der Waals surface area contributed by atoms with Gasteiger partial charge in [-0.3, -0.25) is 0 Å². The van der Waals surface area contributed by atoms with Gasteiger partial charge in [-0.25, -0.2) is 4.79 Å². The van der Waals surface area contributed by atoms with Crippen LogP contribution in [0, 0.1) is 0 Å². The van der Waals surface area contributed by atoms with Gasteiger partial charge in [0.2, 0.25) is 0 Å². The molecule has 0 unspecified atom stereocenters. The van der Waals surface area contributed by atoms with Crippen LogP contribution in [0.2, 0.25) is 0 Å². The van der Waals surface area contributed by atoms with Gasteiger partial charge in [0.1, 0.15) is 11.9 Å². The van der Waals surface area contributed by atoms with Gasteiger partial charge in [0.15, 0.2) is 0 Å². The molecular weight excluding hydrogens is 140 g/mol. The lowest BCUT2D eigenvalue weighted by atomic mass is 10.2. The Morgan fingerprint density at radius 1 is 1.78 bits per heavy atom. The van der Waals surface area contributed by atoms with Crippen molar-refractivity contribution >= 4 is 17.8 Å². The van der Waals surface area contributed by atoms with Crippen LogP contribution in [-0.2, 0) is 9.08 Å². The maximum absolute atomic E-state index is 10.4. The van der Waals surface area contributed by atoms with Gasteiger partial charge in [0.25, 0.3) is 0 Å². The summed E-state index contributed by atoms with van der Waals surface area (Å²) in [5.74, 6) is -0.600. The summed E-state index contributed by atoms with van der Waals surface area (Å²) in [4.78, 5) is 10.4. The minimum absolute atomic E-state index is 0.306. The summed E-state index contributed by atoms with van der Waals surface area (Å²) in [5.41, 5.74) is 0.306. The van der Waals surface area contributed by atoms with Crippen molar-refractivity contribution in [2.24, 2.45) is 0 Å². The minimum atomic E-state index is -0.600. The SMILES string of the molecule is C=CCC(=C)C(=O)OCl. The molecule has 0 rings (SSSR count). The van der Waals surface area contributed by atoms with Crippen molar-refractivity contribution in [2.75, 3.05) is 0 Å². The lowest BCUT2D eigenvalue weighted by molar-refractivity contribution is -0.129. The van der Waals surface area contributed by atoms with Crippen molar-refractivity contribution in [2.45, 2.75) is 6.42 Å². The molecule has 0 saturated heterocycles. The second kappa shape index (κ2) is 4.15. The van der Waals surface area contributed by atoms with Gasteiger partial charge in [0, 0.05) is 5.57 Å². The maximum atomic E-state index is 10.4. The maximum Gasteiger partial charge on any atom is 0.351 e. The summed E-state index contributed by atoms with van der Waals surface area (Å²) in [6, 6.07) is 0.